The Morgan fingerprint density at radius 1 is 0.973 bits per heavy atom. The van der Waals surface area contributed by atoms with Crippen LogP contribution in [-0.4, -0.2) is 73.4 Å². The van der Waals surface area contributed by atoms with Gasteiger partial charge in [-0.15, -0.1) is 0 Å². The third kappa shape index (κ3) is 5.87. The normalized spacial score (nSPS) is 21.2. The molecule has 2 aliphatic rings. The van der Waals surface area contributed by atoms with Crippen LogP contribution in [-0.2, 0) is 9.31 Å². The number of likely N-dealkylation sites (N-methyl/N-ethyl adjacent to an activating group) is 1. The summed E-state index contributed by atoms with van der Waals surface area (Å²) in [6.07, 6.45) is -4.40. The highest BCUT2D eigenvalue weighted by Gasteiger charge is 2.52. The number of carbonyl (C=O) groups is 1. The van der Waals surface area contributed by atoms with Crippen LogP contribution in [0.3, 0.4) is 0 Å². The average Bonchev–Trinajstić information content (AvgIpc) is 3.02. The van der Waals surface area contributed by atoms with Gasteiger partial charge < -0.3 is 19.5 Å². The summed E-state index contributed by atoms with van der Waals surface area (Å²) in [5.41, 5.74) is 1.66. The molecule has 0 spiro atoms. The number of carbonyl (C=O) groups excluding carboxylic acids is 1. The smallest absolute Gasteiger partial charge is 0.399 e. The summed E-state index contributed by atoms with van der Waals surface area (Å²) < 4.78 is 54.2. The van der Waals surface area contributed by atoms with E-state index >= 15 is 0 Å². The first-order valence-corrected chi connectivity index (χ1v) is 12.5. The number of halogens is 3. The molecule has 37 heavy (non-hydrogen) atoms. The molecule has 10 heteroatoms. The lowest BCUT2D eigenvalue weighted by atomic mass is 9.75. The number of rotatable bonds is 5. The zero-order chi connectivity index (χ0) is 27.2. The highest BCUT2D eigenvalue weighted by atomic mass is 19.4. The van der Waals surface area contributed by atoms with E-state index in [-0.39, 0.29) is 11.5 Å². The summed E-state index contributed by atoms with van der Waals surface area (Å²) in [7, 11) is 1.30. The maximum atomic E-state index is 14.0. The third-order valence-corrected chi connectivity index (χ3v) is 7.75. The molecule has 0 bridgehead atoms. The molecule has 0 aromatic heterocycles. The van der Waals surface area contributed by atoms with Gasteiger partial charge >= 0.3 is 13.3 Å². The van der Waals surface area contributed by atoms with Crippen LogP contribution in [0.25, 0.3) is 0 Å². The first-order chi connectivity index (χ1) is 17.2. The molecule has 2 saturated heterocycles. The first kappa shape index (κ1) is 27.6. The molecule has 2 fully saturated rings. The van der Waals surface area contributed by atoms with Crippen molar-refractivity contribution in [3.8, 4) is 0 Å². The van der Waals surface area contributed by atoms with Crippen LogP contribution < -0.4 is 10.8 Å². The van der Waals surface area contributed by atoms with Crippen LogP contribution in [0, 0.1) is 6.92 Å². The van der Waals surface area contributed by atoms with Crippen LogP contribution in [0.1, 0.15) is 55.2 Å². The van der Waals surface area contributed by atoms with Gasteiger partial charge in [0.1, 0.15) is 6.04 Å². The number of hydrogen-bond donors (Lipinski definition) is 1. The van der Waals surface area contributed by atoms with E-state index in [9.17, 15) is 18.0 Å². The number of benzene rings is 2. The first-order valence-electron chi connectivity index (χ1n) is 12.5. The highest BCUT2D eigenvalue weighted by molar-refractivity contribution is 6.62. The van der Waals surface area contributed by atoms with Gasteiger partial charge in [0, 0.05) is 37.4 Å². The van der Waals surface area contributed by atoms with Gasteiger partial charge in [0.25, 0.3) is 5.91 Å². The lowest BCUT2D eigenvalue weighted by Crippen LogP contribution is -2.49. The lowest BCUT2D eigenvalue weighted by Gasteiger charge is -2.38. The Balaban J connectivity index is 1.49. The van der Waals surface area contributed by atoms with E-state index in [0.29, 0.717) is 37.4 Å². The number of alkyl halides is 3. The Kier molecular flexibility index (Phi) is 7.51. The summed E-state index contributed by atoms with van der Waals surface area (Å²) in [6.45, 7) is 11.7. The van der Waals surface area contributed by atoms with Crippen LogP contribution in [0.5, 0.6) is 0 Å². The maximum absolute atomic E-state index is 14.0. The molecule has 1 atom stereocenters. The van der Waals surface area contributed by atoms with Gasteiger partial charge in [-0.2, -0.15) is 13.2 Å². The molecule has 0 aliphatic carbocycles. The second-order valence-corrected chi connectivity index (χ2v) is 11.0. The summed E-state index contributed by atoms with van der Waals surface area (Å²) in [4.78, 5) is 16.5. The minimum Gasteiger partial charge on any atom is -0.399 e. The number of aryl methyl sites for hydroxylation is 1. The standard InChI is InChI=1S/C27H35BF3N3O3/c1-18-7-8-20(17-22(18)28-36-25(2,3)26(4,5)37-28)24(35)32-21-11-9-19(10-12-21)23(27(29,30)31)34-15-13-33(6)14-16-34/h7-12,17,23H,13-16H2,1-6H3,(H,32,35). The maximum Gasteiger partial charge on any atom is 0.495 e. The molecular formula is C27H35BF3N3O3. The van der Waals surface area contributed by atoms with Gasteiger partial charge in [-0.25, -0.2) is 0 Å². The van der Waals surface area contributed by atoms with Gasteiger partial charge in [-0.05, 0) is 77.0 Å². The summed E-state index contributed by atoms with van der Waals surface area (Å²) >= 11 is 0. The Bertz CT molecular complexity index is 1110. The van der Waals surface area contributed by atoms with E-state index in [0.717, 1.165) is 11.0 Å². The van der Waals surface area contributed by atoms with Gasteiger partial charge in [0.15, 0.2) is 0 Å². The monoisotopic (exact) mass is 517 g/mol. The Morgan fingerprint density at radius 2 is 1.54 bits per heavy atom. The van der Waals surface area contributed by atoms with Gasteiger partial charge in [-0.3, -0.25) is 9.69 Å². The predicted molar refractivity (Wildman–Crippen MR) is 139 cm³/mol. The molecule has 1 N–H and O–H groups in total. The molecule has 200 valence electrons. The van der Waals surface area contributed by atoms with Crippen LogP contribution in [0.4, 0.5) is 18.9 Å². The van der Waals surface area contributed by atoms with Crippen molar-refractivity contribution in [2.75, 3.05) is 38.5 Å². The molecule has 2 heterocycles. The lowest BCUT2D eigenvalue weighted by molar-refractivity contribution is -0.190. The van der Waals surface area contributed by atoms with Crippen LogP contribution in [0.2, 0.25) is 0 Å². The zero-order valence-electron chi connectivity index (χ0n) is 22.3. The number of hydrogen-bond acceptors (Lipinski definition) is 5. The fourth-order valence-corrected chi connectivity index (χ4v) is 4.64. The molecule has 4 rings (SSSR count). The van der Waals surface area contributed by atoms with E-state index < -0.39 is 30.5 Å². The van der Waals surface area contributed by atoms with E-state index in [1.807, 2.05) is 52.6 Å². The van der Waals surface area contributed by atoms with Gasteiger partial charge in [0.05, 0.1) is 11.2 Å². The summed E-state index contributed by atoms with van der Waals surface area (Å²) in [5, 5.41) is 2.80. The molecule has 1 unspecified atom stereocenters. The number of anilines is 1. The van der Waals surface area contributed by atoms with E-state index in [2.05, 4.69) is 5.32 Å². The SMILES string of the molecule is Cc1ccc(C(=O)Nc2ccc(C(N3CCN(C)CC3)C(F)(F)F)cc2)cc1B1OC(C)(C)C(C)(C)O1. The molecular weight excluding hydrogens is 482 g/mol. The highest BCUT2D eigenvalue weighted by Crippen LogP contribution is 2.39. The fourth-order valence-electron chi connectivity index (χ4n) is 4.64. The van der Waals surface area contributed by atoms with Crippen LogP contribution >= 0.6 is 0 Å². The largest absolute Gasteiger partial charge is 0.495 e. The third-order valence-electron chi connectivity index (χ3n) is 7.75. The summed E-state index contributed by atoms with van der Waals surface area (Å²) in [6, 6.07) is 9.54. The van der Waals surface area contributed by atoms with E-state index in [1.54, 1.807) is 12.1 Å². The van der Waals surface area contributed by atoms with Crippen molar-refractivity contribution in [2.24, 2.45) is 0 Å². The molecule has 0 saturated carbocycles. The minimum atomic E-state index is -4.40. The van der Waals surface area contributed by atoms with Crippen molar-refractivity contribution in [2.45, 2.75) is 58.0 Å². The fraction of sp³-hybridized carbons (Fsp3) is 0.519. The molecule has 2 aromatic carbocycles. The van der Waals surface area contributed by atoms with Crippen molar-refractivity contribution in [1.29, 1.82) is 0 Å². The second kappa shape index (κ2) is 10.1. The van der Waals surface area contributed by atoms with Crippen molar-refractivity contribution >= 4 is 24.2 Å². The Labute approximate surface area is 217 Å². The molecule has 6 nitrogen and oxygen atoms in total. The topological polar surface area (TPSA) is 54.0 Å². The van der Waals surface area contributed by atoms with Crippen molar-refractivity contribution < 1.29 is 27.3 Å². The van der Waals surface area contributed by atoms with Gasteiger partial charge in [-0.1, -0.05) is 23.8 Å². The summed E-state index contributed by atoms with van der Waals surface area (Å²) in [5.74, 6) is -0.364. The Morgan fingerprint density at radius 3 is 2.08 bits per heavy atom. The van der Waals surface area contributed by atoms with E-state index in [1.165, 1.54) is 29.2 Å². The molecule has 2 aliphatic heterocycles. The number of nitrogens with zero attached hydrogens (tertiary/aromatic N) is 2. The van der Waals surface area contributed by atoms with Crippen LogP contribution in [0.15, 0.2) is 42.5 Å². The molecule has 2 aromatic rings. The number of nitrogens with one attached hydrogen (secondary N) is 1. The number of piperazine rings is 1. The predicted octanol–water partition coefficient (Wildman–Crippen LogP) is 4.40. The van der Waals surface area contributed by atoms with Crippen molar-refractivity contribution in [1.82, 2.24) is 9.80 Å². The zero-order valence-corrected chi connectivity index (χ0v) is 22.3. The van der Waals surface area contributed by atoms with Gasteiger partial charge in [0.2, 0.25) is 0 Å². The molecule has 1 amide bonds. The number of amides is 1. The van der Waals surface area contributed by atoms with E-state index in [4.69, 9.17) is 9.31 Å². The van der Waals surface area contributed by atoms with Crippen molar-refractivity contribution in [3.05, 3.63) is 59.2 Å². The molecule has 0 radical (unpaired) electrons. The quantitative estimate of drug-likeness (QED) is 0.597. The van der Waals surface area contributed by atoms with Crippen molar-refractivity contribution in [3.63, 3.8) is 0 Å². The minimum absolute atomic E-state index is 0.161. The average molecular weight is 517 g/mol. The Hall–Kier alpha value is -2.40. The second-order valence-electron chi connectivity index (χ2n) is 11.0.